The zero-order valence-electron chi connectivity index (χ0n) is 14.1. The fraction of sp³-hybridized carbons (Fsp3) is 0.588. The highest BCUT2D eigenvalue weighted by Crippen LogP contribution is 2.28. The van der Waals surface area contributed by atoms with Gasteiger partial charge in [-0.25, -0.2) is 8.42 Å². The summed E-state index contributed by atoms with van der Waals surface area (Å²) in [6.45, 7) is 1.56. The van der Waals surface area contributed by atoms with Crippen LogP contribution in [0.15, 0.2) is 24.3 Å². The molecule has 0 radical (unpaired) electrons. The molecule has 0 bridgehead atoms. The number of hydrogen-bond acceptors (Lipinski definition) is 5. The van der Waals surface area contributed by atoms with Crippen molar-refractivity contribution in [2.24, 2.45) is 5.92 Å². The molecule has 24 heavy (non-hydrogen) atoms. The van der Waals surface area contributed by atoms with Crippen LogP contribution < -0.4 is 4.74 Å². The summed E-state index contributed by atoms with van der Waals surface area (Å²) in [4.78, 5) is 16.9. The lowest BCUT2D eigenvalue weighted by molar-refractivity contribution is -0.138. The van der Waals surface area contributed by atoms with E-state index >= 15 is 0 Å². The lowest BCUT2D eigenvalue weighted by atomic mass is 10.0. The highest BCUT2D eigenvalue weighted by molar-refractivity contribution is 7.91. The lowest BCUT2D eigenvalue weighted by Gasteiger charge is -2.32. The Balaban J connectivity index is 1.86. The van der Waals surface area contributed by atoms with Gasteiger partial charge in [-0.3, -0.25) is 4.79 Å². The van der Waals surface area contributed by atoms with Crippen molar-refractivity contribution >= 4 is 15.7 Å². The molecule has 0 unspecified atom stereocenters. The second-order valence-corrected chi connectivity index (χ2v) is 9.13. The van der Waals surface area contributed by atoms with Gasteiger partial charge in [-0.05, 0) is 26.6 Å². The average Bonchev–Trinajstić information content (AvgIpc) is 2.79. The highest BCUT2D eigenvalue weighted by Gasteiger charge is 2.38. The van der Waals surface area contributed by atoms with Crippen molar-refractivity contribution < 1.29 is 17.9 Å². The number of nitrogens with zero attached hydrogens (tertiary/aromatic N) is 2. The molecular weight excluding hydrogens is 328 g/mol. The summed E-state index contributed by atoms with van der Waals surface area (Å²) in [5.41, 5.74) is 0.966. The van der Waals surface area contributed by atoms with Crippen LogP contribution in [-0.4, -0.2) is 68.9 Å². The molecule has 0 N–H and O–H groups in total. The van der Waals surface area contributed by atoms with Gasteiger partial charge in [0.1, 0.15) is 12.4 Å². The molecule has 1 aromatic carbocycles. The minimum absolute atomic E-state index is 0.0283. The first-order chi connectivity index (χ1) is 11.4. The predicted octanol–water partition coefficient (Wildman–Crippen LogP) is 0.773. The minimum Gasteiger partial charge on any atom is -0.491 e. The number of carbonyl (C=O) groups is 1. The molecule has 0 saturated carbocycles. The Morgan fingerprint density at radius 3 is 2.75 bits per heavy atom. The zero-order valence-corrected chi connectivity index (χ0v) is 15.0. The molecule has 2 heterocycles. The van der Waals surface area contributed by atoms with Crippen LogP contribution >= 0.6 is 0 Å². The van der Waals surface area contributed by atoms with Crippen LogP contribution in [-0.2, 0) is 21.2 Å². The average molecular weight is 352 g/mol. The summed E-state index contributed by atoms with van der Waals surface area (Å²) in [6.07, 6.45) is 0.425. The maximum absolute atomic E-state index is 13.0. The fourth-order valence-corrected chi connectivity index (χ4v) is 5.15. The Hall–Kier alpha value is -1.60. The van der Waals surface area contributed by atoms with Gasteiger partial charge in [-0.15, -0.1) is 0 Å². The first kappa shape index (κ1) is 17.2. The van der Waals surface area contributed by atoms with E-state index in [0.717, 1.165) is 11.3 Å². The van der Waals surface area contributed by atoms with Crippen molar-refractivity contribution in [2.75, 3.05) is 38.8 Å². The van der Waals surface area contributed by atoms with Crippen molar-refractivity contribution in [1.29, 1.82) is 0 Å². The van der Waals surface area contributed by atoms with Crippen molar-refractivity contribution in [1.82, 2.24) is 9.80 Å². The van der Waals surface area contributed by atoms with Gasteiger partial charge in [-0.1, -0.05) is 18.2 Å². The number of amides is 1. The Morgan fingerprint density at radius 1 is 1.33 bits per heavy atom. The van der Waals surface area contributed by atoms with E-state index < -0.39 is 15.8 Å². The molecule has 2 aliphatic rings. The van der Waals surface area contributed by atoms with Gasteiger partial charge in [0.2, 0.25) is 5.91 Å². The van der Waals surface area contributed by atoms with Crippen LogP contribution in [0.25, 0.3) is 0 Å². The van der Waals surface area contributed by atoms with Gasteiger partial charge >= 0.3 is 0 Å². The third kappa shape index (κ3) is 3.72. The number of para-hydroxylation sites is 1. The molecule has 6 nitrogen and oxygen atoms in total. The van der Waals surface area contributed by atoms with Crippen molar-refractivity contribution in [3.63, 3.8) is 0 Å². The molecule has 1 fully saturated rings. The van der Waals surface area contributed by atoms with Gasteiger partial charge in [0, 0.05) is 18.7 Å². The van der Waals surface area contributed by atoms with Crippen LogP contribution in [0.2, 0.25) is 0 Å². The van der Waals surface area contributed by atoms with Crippen LogP contribution in [0, 0.1) is 5.92 Å². The Labute approximate surface area is 143 Å². The van der Waals surface area contributed by atoms with Gasteiger partial charge in [-0.2, -0.15) is 0 Å². The zero-order chi connectivity index (χ0) is 17.3. The van der Waals surface area contributed by atoms with E-state index in [2.05, 4.69) is 0 Å². The lowest BCUT2D eigenvalue weighted by Crippen LogP contribution is -2.49. The second-order valence-electron chi connectivity index (χ2n) is 6.90. The molecule has 132 valence electrons. The topological polar surface area (TPSA) is 66.9 Å². The maximum atomic E-state index is 13.0. The summed E-state index contributed by atoms with van der Waals surface area (Å²) >= 11 is 0. The van der Waals surface area contributed by atoms with Crippen LogP contribution in [0.1, 0.15) is 12.0 Å². The molecule has 0 spiro atoms. The molecule has 1 saturated heterocycles. The number of rotatable bonds is 3. The van der Waals surface area contributed by atoms with Crippen LogP contribution in [0.3, 0.4) is 0 Å². The molecule has 1 aromatic rings. The van der Waals surface area contributed by atoms with E-state index in [4.69, 9.17) is 4.74 Å². The molecular formula is C17H24N2O4S. The van der Waals surface area contributed by atoms with Gasteiger partial charge in [0.25, 0.3) is 0 Å². The molecule has 0 aliphatic carbocycles. The largest absolute Gasteiger partial charge is 0.491 e. The maximum Gasteiger partial charge on any atom is 0.227 e. The summed E-state index contributed by atoms with van der Waals surface area (Å²) < 4.78 is 29.4. The number of likely N-dealkylation sites (N-methyl/N-ethyl adjacent to an activating group) is 1. The molecule has 0 aromatic heterocycles. The monoisotopic (exact) mass is 352 g/mol. The number of sulfone groups is 1. The van der Waals surface area contributed by atoms with Crippen LogP contribution in [0.4, 0.5) is 0 Å². The molecule has 1 amide bonds. The van der Waals surface area contributed by atoms with E-state index in [9.17, 15) is 13.2 Å². The smallest absolute Gasteiger partial charge is 0.227 e. The van der Waals surface area contributed by atoms with Gasteiger partial charge in [0.15, 0.2) is 9.84 Å². The number of hydrogen-bond donors (Lipinski definition) is 0. The Bertz CT molecular complexity index is 717. The highest BCUT2D eigenvalue weighted by atomic mass is 32.2. The molecule has 3 rings (SSSR count). The summed E-state index contributed by atoms with van der Waals surface area (Å²) in [5.74, 6) is 0.395. The SMILES string of the molecule is CN(C)C[C@H]1COc2ccccc2CN1C(=O)[C@@H]1CCS(=O)(=O)C1. The van der Waals surface area contributed by atoms with E-state index in [-0.39, 0.29) is 23.5 Å². The number of benzene rings is 1. The van der Waals surface area contributed by atoms with E-state index in [0.29, 0.717) is 26.1 Å². The first-order valence-electron chi connectivity index (χ1n) is 8.22. The number of ether oxygens (including phenoxy) is 1. The van der Waals surface area contributed by atoms with Crippen molar-refractivity contribution in [3.8, 4) is 5.75 Å². The summed E-state index contributed by atoms with van der Waals surface area (Å²) in [5, 5.41) is 0. The third-order valence-electron chi connectivity index (χ3n) is 4.63. The van der Waals surface area contributed by atoms with E-state index in [1.54, 1.807) is 0 Å². The quantitative estimate of drug-likeness (QED) is 0.804. The van der Waals surface area contributed by atoms with Crippen molar-refractivity contribution in [2.45, 2.75) is 19.0 Å². The molecule has 2 aliphatic heterocycles. The van der Waals surface area contributed by atoms with E-state index in [1.165, 1.54) is 0 Å². The molecule has 7 heteroatoms. The Morgan fingerprint density at radius 2 is 2.08 bits per heavy atom. The minimum atomic E-state index is -3.08. The fourth-order valence-electron chi connectivity index (χ4n) is 3.42. The summed E-state index contributed by atoms with van der Waals surface area (Å²) in [6, 6.07) is 7.62. The number of fused-ring (bicyclic) bond motifs is 1. The predicted molar refractivity (Wildman–Crippen MR) is 91.6 cm³/mol. The second kappa shape index (κ2) is 6.72. The molecule has 2 atom stereocenters. The van der Waals surface area contributed by atoms with Crippen LogP contribution in [0.5, 0.6) is 5.75 Å². The summed E-state index contributed by atoms with van der Waals surface area (Å²) in [7, 11) is 0.840. The van der Waals surface area contributed by atoms with Gasteiger partial charge in [0.05, 0.1) is 23.5 Å². The standard InChI is InChI=1S/C17H24N2O4S/c1-18(2)10-15-11-23-16-6-4-3-5-13(16)9-19(15)17(20)14-7-8-24(21,22)12-14/h3-6,14-15H,7-12H2,1-2H3/t14-,15+/m1/s1. The first-order valence-corrected chi connectivity index (χ1v) is 10.0. The third-order valence-corrected chi connectivity index (χ3v) is 6.39. The van der Waals surface area contributed by atoms with Crippen molar-refractivity contribution in [3.05, 3.63) is 29.8 Å². The normalized spacial score (nSPS) is 25.9. The Kier molecular flexibility index (Phi) is 4.83. The number of carbonyl (C=O) groups excluding carboxylic acids is 1. The van der Waals surface area contributed by atoms with E-state index in [1.807, 2.05) is 48.2 Å². The van der Waals surface area contributed by atoms with Gasteiger partial charge < -0.3 is 14.5 Å².